The molecular formula is C13H8N2O4S. The van der Waals surface area contributed by atoms with Crippen molar-refractivity contribution in [3.8, 4) is 0 Å². The minimum absolute atomic E-state index is 0.0542. The molecule has 100 valence electrons. The van der Waals surface area contributed by atoms with Crippen LogP contribution < -0.4 is 16.5 Å². The SMILES string of the molecule is Nc1oc2ccccc2c(=O)c1C=C1OC(=S)NC1=O. The standard InChI is InChI=1S/C13H8N2O4S/c14-11-7(5-9-12(17)15-13(20)19-9)10(16)6-3-1-2-4-8(6)18-11/h1-5H,14H2,(H,15,17,20). The lowest BCUT2D eigenvalue weighted by atomic mass is 10.1. The van der Waals surface area contributed by atoms with E-state index in [1.165, 1.54) is 6.08 Å². The number of anilines is 1. The van der Waals surface area contributed by atoms with E-state index in [4.69, 9.17) is 27.1 Å². The predicted octanol–water partition coefficient (Wildman–Crippen LogP) is 1.15. The molecule has 3 N–H and O–H groups in total. The summed E-state index contributed by atoms with van der Waals surface area (Å²) in [6.45, 7) is 0. The third-order valence-electron chi connectivity index (χ3n) is 2.78. The van der Waals surface area contributed by atoms with E-state index < -0.39 is 5.91 Å². The normalized spacial score (nSPS) is 16.5. The second-order valence-corrected chi connectivity index (χ2v) is 4.43. The number of hydrogen-bond donors (Lipinski definition) is 2. The minimum Gasteiger partial charge on any atom is -0.440 e. The van der Waals surface area contributed by atoms with Crippen molar-refractivity contribution in [2.45, 2.75) is 0 Å². The number of amides is 1. The van der Waals surface area contributed by atoms with E-state index in [0.29, 0.717) is 11.0 Å². The maximum Gasteiger partial charge on any atom is 0.294 e. The molecule has 3 rings (SSSR count). The van der Waals surface area contributed by atoms with Crippen molar-refractivity contribution in [2.24, 2.45) is 0 Å². The number of carbonyl (C=O) groups excluding carboxylic acids is 1. The molecule has 0 spiro atoms. The van der Waals surface area contributed by atoms with Gasteiger partial charge in [-0.2, -0.15) is 0 Å². The Morgan fingerprint density at radius 1 is 1.25 bits per heavy atom. The molecule has 0 bridgehead atoms. The molecule has 0 unspecified atom stereocenters. The first-order valence-electron chi connectivity index (χ1n) is 5.62. The fraction of sp³-hybridized carbons (Fsp3) is 0. The van der Waals surface area contributed by atoms with Crippen LogP contribution in [0.5, 0.6) is 0 Å². The molecule has 1 saturated heterocycles. The van der Waals surface area contributed by atoms with E-state index in [2.05, 4.69) is 5.32 Å². The minimum atomic E-state index is -0.526. The first-order valence-corrected chi connectivity index (χ1v) is 6.03. The van der Waals surface area contributed by atoms with Crippen LogP contribution in [0.1, 0.15) is 5.56 Å². The van der Waals surface area contributed by atoms with Crippen LogP contribution in [-0.4, -0.2) is 11.1 Å². The van der Waals surface area contributed by atoms with Crippen molar-refractivity contribution >= 4 is 46.2 Å². The van der Waals surface area contributed by atoms with E-state index in [1.54, 1.807) is 24.3 Å². The number of carbonyl (C=O) groups is 1. The summed E-state index contributed by atoms with van der Waals surface area (Å²) < 4.78 is 10.4. The molecule has 20 heavy (non-hydrogen) atoms. The molecule has 0 aliphatic carbocycles. The summed E-state index contributed by atoms with van der Waals surface area (Å²) in [7, 11) is 0. The number of fused-ring (bicyclic) bond motifs is 1. The van der Waals surface area contributed by atoms with E-state index >= 15 is 0 Å². The summed E-state index contributed by atoms with van der Waals surface area (Å²) in [6.07, 6.45) is 1.22. The maximum absolute atomic E-state index is 12.3. The molecule has 1 aliphatic rings. The first-order chi connectivity index (χ1) is 9.56. The summed E-state index contributed by atoms with van der Waals surface area (Å²) in [5.74, 6) is -0.707. The Balaban J connectivity index is 2.22. The summed E-state index contributed by atoms with van der Waals surface area (Å²) in [5.41, 5.74) is 5.81. The zero-order valence-electron chi connectivity index (χ0n) is 10.0. The fourth-order valence-corrected chi connectivity index (χ4v) is 2.04. The highest BCUT2D eigenvalue weighted by atomic mass is 32.1. The molecule has 2 aromatic rings. The smallest absolute Gasteiger partial charge is 0.294 e. The van der Waals surface area contributed by atoms with Crippen LogP contribution in [0, 0.1) is 0 Å². The van der Waals surface area contributed by atoms with Crippen LogP contribution in [0.4, 0.5) is 5.88 Å². The Bertz CT molecular complexity index is 838. The molecule has 0 saturated carbocycles. The second-order valence-electron chi connectivity index (χ2n) is 4.06. The molecule has 0 radical (unpaired) electrons. The van der Waals surface area contributed by atoms with Crippen LogP contribution in [0.2, 0.25) is 0 Å². The van der Waals surface area contributed by atoms with Gasteiger partial charge in [0.05, 0.1) is 10.9 Å². The number of benzene rings is 1. The van der Waals surface area contributed by atoms with Crippen LogP contribution >= 0.6 is 12.2 Å². The van der Waals surface area contributed by atoms with Gasteiger partial charge in [0, 0.05) is 6.08 Å². The van der Waals surface area contributed by atoms with Gasteiger partial charge in [0.25, 0.3) is 11.1 Å². The lowest BCUT2D eigenvalue weighted by molar-refractivity contribution is -0.116. The van der Waals surface area contributed by atoms with Crippen molar-refractivity contribution < 1.29 is 13.9 Å². The van der Waals surface area contributed by atoms with E-state index in [1.807, 2.05) is 0 Å². The van der Waals surface area contributed by atoms with Gasteiger partial charge in [-0.15, -0.1) is 0 Å². The molecule has 1 aromatic heterocycles. The van der Waals surface area contributed by atoms with Crippen molar-refractivity contribution in [1.82, 2.24) is 5.32 Å². The van der Waals surface area contributed by atoms with Crippen molar-refractivity contribution in [3.05, 3.63) is 45.8 Å². The van der Waals surface area contributed by atoms with Gasteiger partial charge in [0.2, 0.25) is 11.3 Å². The summed E-state index contributed by atoms with van der Waals surface area (Å²) in [6, 6.07) is 6.69. The topological polar surface area (TPSA) is 94.6 Å². The van der Waals surface area contributed by atoms with Gasteiger partial charge < -0.3 is 14.9 Å². The Morgan fingerprint density at radius 2 is 2.00 bits per heavy atom. The fourth-order valence-electron chi connectivity index (χ4n) is 1.86. The molecule has 0 atom stereocenters. The van der Waals surface area contributed by atoms with Gasteiger partial charge in [0.1, 0.15) is 5.58 Å². The third-order valence-corrected chi connectivity index (χ3v) is 2.96. The van der Waals surface area contributed by atoms with Gasteiger partial charge in [0.15, 0.2) is 5.76 Å². The quantitative estimate of drug-likeness (QED) is 0.604. The van der Waals surface area contributed by atoms with Gasteiger partial charge in [-0.3, -0.25) is 14.9 Å². The van der Waals surface area contributed by atoms with Crippen molar-refractivity contribution in [1.29, 1.82) is 0 Å². The number of ether oxygens (including phenoxy) is 1. The Kier molecular flexibility index (Phi) is 2.76. The molecule has 6 nitrogen and oxygen atoms in total. The van der Waals surface area contributed by atoms with Gasteiger partial charge in [-0.05, 0) is 24.4 Å². The number of nitrogens with one attached hydrogen (secondary N) is 1. The highest BCUT2D eigenvalue weighted by molar-refractivity contribution is 7.80. The summed E-state index contributed by atoms with van der Waals surface area (Å²) >= 11 is 4.70. The molecular weight excluding hydrogens is 280 g/mol. The van der Waals surface area contributed by atoms with Crippen LogP contribution in [-0.2, 0) is 9.53 Å². The molecule has 1 fully saturated rings. The number of rotatable bonds is 1. The Hall–Kier alpha value is -2.67. The van der Waals surface area contributed by atoms with Crippen LogP contribution in [0.3, 0.4) is 0 Å². The van der Waals surface area contributed by atoms with E-state index in [-0.39, 0.29) is 27.8 Å². The number of nitrogens with two attached hydrogens (primary N) is 1. The van der Waals surface area contributed by atoms with Crippen LogP contribution in [0.15, 0.2) is 39.2 Å². The van der Waals surface area contributed by atoms with Gasteiger partial charge >= 0.3 is 0 Å². The molecule has 1 amide bonds. The second kappa shape index (κ2) is 4.46. The number of nitrogen functional groups attached to an aromatic ring is 1. The average Bonchev–Trinajstić information content (AvgIpc) is 2.73. The lowest BCUT2D eigenvalue weighted by Crippen LogP contribution is -2.18. The molecule has 7 heteroatoms. The van der Waals surface area contributed by atoms with Gasteiger partial charge in [-0.1, -0.05) is 12.1 Å². The Morgan fingerprint density at radius 3 is 2.70 bits per heavy atom. The zero-order valence-corrected chi connectivity index (χ0v) is 10.8. The monoisotopic (exact) mass is 288 g/mol. The Labute approximate surface area is 117 Å². The number of para-hydroxylation sites is 1. The molecule has 2 heterocycles. The maximum atomic E-state index is 12.3. The van der Waals surface area contributed by atoms with Gasteiger partial charge in [-0.25, -0.2) is 0 Å². The highest BCUT2D eigenvalue weighted by Gasteiger charge is 2.24. The predicted molar refractivity (Wildman–Crippen MR) is 76.7 cm³/mol. The zero-order chi connectivity index (χ0) is 14.3. The molecule has 1 aromatic carbocycles. The van der Waals surface area contributed by atoms with Crippen molar-refractivity contribution in [3.63, 3.8) is 0 Å². The molecule has 1 aliphatic heterocycles. The number of thiocarbonyl (C=S) groups is 1. The largest absolute Gasteiger partial charge is 0.440 e. The van der Waals surface area contributed by atoms with E-state index in [0.717, 1.165) is 0 Å². The summed E-state index contributed by atoms with van der Waals surface area (Å²) in [5, 5.41) is 2.60. The highest BCUT2D eigenvalue weighted by Crippen LogP contribution is 2.20. The van der Waals surface area contributed by atoms with Crippen LogP contribution in [0.25, 0.3) is 17.0 Å². The summed E-state index contributed by atoms with van der Waals surface area (Å²) in [4.78, 5) is 23.8. The average molecular weight is 288 g/mol. The first kappa shape index (κ1) is 12.4. The third kappa shape index (κ3) is 1.94. The van der Waals surface area contributed by atoms with Crippen molar-refractivity contribution in [2.75, 3.05) is 5.73 Å². The van der Waals surface area contributed by atoms with E-state index in [9.17, 15) is 9.59 Å². The number of hydrogen-bond acceptors (Lipinski definition) is 6. The lowest BCUT2D eigenvalue weighted by Gasteiger charge is -2.02.